The SMILES string of the molecule is COc1ccc(-n2nnc3c(N4CCN(C(=O)/C=C\c5ccccc5)CC4)ncnc32)cc1. The molecule has 1 amide bonds. The zero-order chi connectivity index (χ0) is 22.6. The van der Waals surface area contributed by atoms with Crippen molar-refractivity contribution in [2.24, 2.45) is 0 Å². The van der Waals surface area contributed by atoms with Gasteiger partial charge in [0.1, 0.15) is 12.1 Å². The summed E-state index contributed by atoms with van der Waals surface area (Å²) in [5.74, 6) is 1.51. The van der Waals surface area contributed by atoms with Crippen molar-refractivity contribution in [1.82, 2.24) is 29.9 Å². The van der Waals surface area contributed by atoms with Crippen molar-refractivity contribution in [3.63, 3.8) is 0 Å². The lowest BCUT2D eigenvalue weighted by molar-refractivity contribution is -0.126. The van der Waals surface area contributed by atoms with E-state index < -0.39 is 0 Å². The fraction of sp³-hybridized carbons (Fsp3) is 0.208. The Morgan fingerprint density at radius 3 is 2.45 bits per heavy atom. The summed E-state index contributed by atoms with van der Waals surface area (Å²) in [5.41, 5.74) is 3.11. The minimum Gasteiger partial charge on any atom is -0.497 e. The van der Waals surface area contributed by atoms with Crippen LogP contribution in [0.1, 0.15) is 5.56 Å². The van der Waals surface area contributed by atoms with E-state index in [2.05, 4.69) is 25.2 Å². The number of aromatic nitrogens is 5. The molecule has 5 rings (SSSR count). The maximum absolute atomic E-state index is 12.6. The molecule has 1 fully saturated rings. The van der Waals surface area contributed by atoms with Gasteiger partial charge in [0.2, 0.25) is 5.91 Å². The Labute approximate surface area is 190 Å². The molecule has 3 heterocycles. The highest BCUT2D eigenvalue weighted by molar-refractivity contribution is 5.92. The highest BCUT2D eigenvalue weighted by Gasteiger charge is 2.24. The molecule has 0 N–H and O–H groups in total. The number of anilines is 1. The molecule has 4 aromatic rings. The van der Waals surface area contributed by atoms with E-state index in [-0.39, 0.29) is 5.91 Å². The molecule has 0 atom stereocenters. The molecular formula is C24H23N7O2. The minimum atomic E-state index is 0.0109. The van der Waals surface area contributed by atoms with E-state index in [1.807, 2.05) is 65.6 Å². The summed E-state index contributed by atoms with van der Waals surface area (Å²) < 4.78 is 6.91. The zero-order valence-electron chi connectivity index (χ0n) is 18.2. The molecule has 2 aromatic heterocycles. The standard InChI is InChI=1S/C24H23N7O2/c1-33-20-10-8-19(9-11-20)31-24-22(27-28-31)23(25-17-26-24)30-15-13-29(14-16-30)21(32)12-7-18-5-3-2-4-6-18/h2-12,17H,13-16H2,1H3/b12-7-. The van der Waals surface area contributed by atoms with Crippen LogP contribution >= 0.6 is 0 Å². The first-order valence-electron chi connectivity index (χ1n) is 10.7. The fourth-order valence-electron chi connectivity index (χ4n) is 3.84. The molecule has 2 aromatic carbocycles. The second-order valence-electron chi connectivity index (χ2n) is 7.63. The summed E-state index contributed by atoms with van der Waals surface area (Å²) >= 11 is 0. The van der Waals surface area contributed by atoms with Gasteiger partial charge in [-0.05, 0) is 35.9 Å². The Balaban J connectivity index is 1.30. The van der Waals surface area contributed by atoms with Gasteiger partial charge in [0.25, 0.3) is 0 Å². The van der Waals surface area contributed by atoms with Crippen molar-refractivity contribution in [1.29, 1.82) is 0 Å². The number of carbonyl (C=O) groups is 1. The number of piperazine rings is 1. The molecule has 166 valence electrons. The lowest BCUT2D eigenvalue weighted by Crippen LogP contribution is -2.48. The van der Waals surface area contributed by atoms with Crippen molar-refractivity contribution in [2.45, 2.75) is 0 Å². The molecule has 33 heavy (non-hydrogen) atoms. The van der Waals surface area contributed by atoms with Crippen molar-refractivity contribution in [2.75, 3.05) is 38.2 Å². The van der Waals surface area contributed by atoms with Crippen LogP contribution in [0.25, 0.3) is 22.9 Å². The molecule has 0 aliphatic carbocycles. The average molecular weight is 441 g/mol. The van der Waals surface area contributed by atoms with Crippen LogP contribution in [0.3, 0.4) is 0 Å². The summed E-state index contributed by atoms with van der Waals surface area (Å²) in [4.78, 5) is 25.4. The molecular weight excluding hydrogens is 418 g/mol. The Bertz CT molecular complexity index is 1280. The monoisotopic (exact) mass is 441 g/mol. The molecule has 0 radical (unpaired) electrons. The van der Waals surface area contributed by atoms with Crippen molar-refractivity contribution < 1.29 is 9.53 Å². The molecule has 1 aliphatic rings. The van der Waals surface area contributed by atoms with Gasteiger partial charge in [0.05, 0.1) is 12.8 Å². The number of amides is 1. The second kappa shape index (κ2) is 9.07. The van der Waals surface area contributed by atoms with Crippen molar-refractivity contribution in [3.05, 3.63) is 72.6 Å². The van der Waals surface area contributed by atoms with Crippen LogP contribution in [0.4, 0.5) is 5.82 Å². The molecule has 9 nitrogen and oxygen atoms in total. The zero-order valence-corrected chi connectivity index (χ0v) is 18.2. The van der Waals surface area contributed by atoms with E-state index in [1.165, 1.54) is 6.33 Å². The summed E-state index contributed by atoms with van der Waals surface area (Å²) in [6, 6.07) is 17.4. The van der Waals surface area contributed by atoms with Gasteiger partial charge in [-0.2, -0.15) is 4.68 Å². The lowest BCUT2D eigenvalue weighted by atomic mass is 10.2. The number of nitrogens with zero attached hydrogens (tertiary/aromatic N) is 7. The summed E-state index contributed by atoms with van der Waals surface area (Å²) in [6.07, 6.45) is 5.01. The molecule has 9 heteroatoms. The van der Waals surface area contributed by atoms with Crippen LogP contribution in [-0.2, 0) is 4.79 Å². The maximum atomic E-state index is 12.6. The van der Waals surface area contributed by atoms with Gasteiger partial charge in [-0.15, -0.1) is 5.10 Å². The molecule has 0 unspecified atom stereocenters. The van der Waals surface area contributed by atoms with E-state index in [9.17, 15) is 4.79 Å². The van der Waals surface area contributed by atoms with E-state index in [4.69, 9.17) is 4.74 Å². The third kappa shape index (κ3) is 4.25. The molecule has 0 spiro atoms. The smallest absolute Gasteiger partial charge is 0.246 e. The Kier molecular flexibility index (Phi) is 5.67. The summed E-state index contributed by atoms with van der Waals surface area (Å²) in [7, 11) is 1.63. The topological polar surface area (TPSA) is 89.3 Å². The van der Waals surface area contributed by atoms with Gasteiger partial charge < -0.3 is 14.5 Å². The van der Waals surface area contributed by atoms with Gasteiger partial charge in [-0.1, -0.05) is 35.5 Å². The highest BCUT2D eigenvalue weighted by Crippen LogP contribution is 2.24. The van der Waals surface area contributed by atoms with Crippen LogP contribution < -0.4 is 9.64 Å². The minimum absolute atomic E-state index is 0.0109. The molecule has 1 aliphatic heterocycles. The Morgan fingerprint density at radius 2 is 1.73 bits per heavy atom. The van der Waals surface area contributed by atoms with Crippen molar-refractivity contribution in [3.8, 4) is 11.4 Å². The number of hydrogen-bond donors (Lipinski definition) is 0. The maximum Gasteiger partial charge on any atom is 0.246 e. The van der Waals surface area contributed by atoms with Gasteiger partial charge >= 0.3 is 0 Å². The lowest BCUT2D eigenvalue weighted by Gasteiger charge is -2.34. The summed E-state index contributed by atoms with van der Waals surface area (Å²) in [6.45, 7) is 2.53. The third-order valence-electron chi connectivity index (χ3n) is 5.64. The van der Waals surface area contributed by atoms with Crippen LogP contribution in [0.2, 0.25) is 0 Å². The molecule has 1 saturated heterocycles. The number of carbonyl (C=O) groups excluding carboxylic acids is 1. The molecule has 0 bridgehead atoms. The number of ether oxygens (including phenoxy) is 1. The van der Waals surface area contributed by atoms with Gasteiger partial charge in [-0.3, -0.25) is 4.79 Å². The van der Waals surface area contributed by atoms with E-state index in [1.54, 1.807) is 17.9 Å². The van der Waals surface area contributed by atoms with Gasteiger partial charge in [0.15, 0.2) is 17.0 Å². The fourth-order valence-corrected chi connectivity index (χ4v) is 3.84. The second-order valence-corrected chi connectivity index (χ2v) is 7.63. The average Bonchev–Trinajstić information content (AvgIpc) is 3.32. The molecule has 0 saturated carbocycles. The van der Waals surface area contributed by atoms with Gasteiger partial charge in [0, 0.05) is 32.3 Å². The quantitative estimate of drug-likeness (QED) is 0.440. The van der Waals surface area contributed by atoms with Crippen LogP contribution in [0, 0.1) is 0 Å². The number of hydrogen-bond acceptors (Lipinski definition) is 7. The Hall–Kier alpha value is -4.27. The number of methoxy groups -OCH3 is 1. The number of fused-ring (bicyclic) bond motifs is 1. The van der Waals surface area contributed by atoms with Crippen LogP contribution in [-0.4, -0.2) is 69.1 Å². The number of benzene rings is 2. The Morgan fingerprint density at radius 1 is 0.970 bits per heavy atom. The van der Waals surface area contributed by atoms with Crippen LogP contribution in [0.5, 0.6) is 5.75 Å². The largest absolute Gasteiger partial charge is 0.497 e. The first-order valence-corrected chi connectivity index (χ1v) is 10.7. The third-order valence-corrected chi connectivity index (χ3v) is 5.64. The van der Waals surface area contributed by atoms with E-state index in [0.29, 0.717) is 37.3 Å². The van der Waals surface area contributed by atoms with E-state index in [0.717, 1.165) is 22.8 Å². The first kappa shape index (κ1) is 20.6. The normalized spacial score (nSPS) is 14.2. The predicted molar refractivity (Wildman–Crippen MR) is 125 cm³/mol. The highest BCUT2D eigenvalue weighted by atomic mass is 16.5. The van der Waals surface area contributed by atoms with Gasteiger partial charge in [-0.25, -0.2) is 9.97 Å². The number of rotatable bonds is 5. The van der Waals surface area contributed by atoms with E-state index >= 15 is 0 Å². The first-order chi connectivity index (χ1) is 16.2. The summed E-state index contributed by atoms with van der Waals surface area (Å²) in [5, 5.41) is 8.65. The predicted octanol–water partition coefficient (Wildman–Crippen LogP) is 2.58. The van der Waals surface area contributed by atoms with Crippen molar-refractivity contribution >= 4 is 29.0 Å². The van der Waals surface area contributed by atoms with Crippen LogP contribution in [0.15, 0.2) is 67.0 Å².